The molecular weight excluding hydrogens is 566 g/mol. The molecule has 212 valence electrons. The van der Waals surface area contributed by atoms with E-state index in [0.717, 1.165) is 11.3 Å². The summed E-state index contributed by atoms with van der Waals surface area (Å²) in [5, 5.41) is 11.3. The number of rotatable bonds is 9. The second kappa shape index (κ2) is 11.3. The SMILES string of the molecule is C[C@H](CO)N1C[C@H](C)[C@@H](CN(C)S(=O)(=O)c2cccs2)Oc2c(NS(=O)(=O)c3cn(C)cn3)cccc2C1=O. The number of aliphatic hydroxyl groups excluding tert-OH is 1. The minimum absolute atomic E-state index is 0.00553. The number of benzene rings is 1. The number of hydrogen-bond acceptors (Lipinski definition) is 9. The van der Waals surface area contributed by atoms with Gasteiger partial charge in [0.1, 0.15) is 10.3 Å². The predicted octanol–water partition coefficient (Wildman–Crippen LogP) is 1.82. The van der Waals surface area contributed by atoms with Crippen molar-refractivity contribution in [2.45, 2.75) is 35.2 Å². The van der Waals surface area contributed by atoms with Crippen LogP contribution in [-0.4, -0.2) is 85.5 Å². The van der Waals surface area contributed by atoms with E-state index in [-0.39, 0.29) is 45.9 Å². The van der Waals surface area contributed by atoms with E-state index >= 15 is 0 Å². The third-order valence-electron chi connectivity index (χ3n) is 6.49. The van der Waals surface area contributed by atoms with Crippen LogP contribution < -0.4 is 9.46 Å². The number of fused-ring (bicyclic) bond motifs is 1. The van der Waals surface area contributed by atoms with E-state index < -0.39 is 44.0 Å². The summed E-state index contributed by atoms with van der Waals surface area (Å²) in [6, 6.07) is 7.10. The molecule has 15 heteroatoms. The number of anilines is 1. The first-order valence-electron chi connectivity index (χ1n) is 12.1. The quantitative estimate of drug-likeness (QED) is 0.379. The summed E-state index contributed by atoms with van der Waals surface area (Å²) in [6.45, 7) is 3.33. The smallest absolute Gasteiger partial charge is 0.281 e. The molecule has 1 aliphatic heterocycles. The molecule has 3 atom stereocenters. The van der Waals surface area contributed by atoms with Crippen molar-refractivity contribution in [2.75, 3.05) is 31.5 Å². The summed E-state index contributed by atoms with van der Waals surface area (Å²) in [5.41, 5.74) is 0.0863. The Morgan fingerprint density at radius 2 is 2.00 bits per heavy atom. The fourth-order valence-electron chi connectivity index (χ4n) is 4.18. The van der Waals surface area contributed by atoms with Gasteiger partial charge in [-0.1, -0.05) is 19.1 Å². The molecular formula is C24H31N5O7S3. The number of sulfonamides is 2. The van der Waals surface area contributed by atoms with Crippen LogP contribution in [0, 0.1) is 5.92 Å². The lowest BCUT2D eigenvalue weighted by Gasteiger charge is -2.38. The second-order valence-corrected chi connectivity index (χ2v) is 14.4. The minimum atomic E-state index is -4.14. The lowest BCUT2D eigenvalue weighted by molar-refractivity contribution is 0.0389. The molecule has 3 aromatic rings. The van der Waals surface area contributed by atoms with Gasteiger partial charge < -0.3 is 19.3 Å². The van der Waals surface area contributed by atoms with Crippen LogP contribution in [0.15, 0.2) is 57.5 Å². The van der Waals surface area contributed by atoms with Crippen LogP contribution in [0.25, 0.3) is 0 Å². The van der Waals surface area contributed by atoms with Crippen molar-refractivity contribution in [2.24, 2.45) is 13.0 Å². The molecule has 0 aliphatic carbocycles. The van der Waals surface area contributed by atoms with Crippen LogP contribution in [-0.2, 0) is 27.1 Å². The van der Waals surface area contributed by atoms with Gasteiger partial charge >= 0.3 is 0 Å². The number of carbonyl (C=O) groups is 1. The molecule has 0 saturated carbocycles. The lowest BCUT2D eigenvalue weighted by atomic mass is 9.99. The summed E-state index contributed by atoms with van der Waals surface area (Å²) < 4.78 is 64.1. The number of aryl methyl sites for hydroxylation is 1. The fourth-order valence-corrected chi connectivity index (χ4v) is 7.61. The zero-order valence-electron chi connectivity index (χ0n) is 21.9. The lowest BCUT2D eigenvalue weighted by Crippen LogP contribution is -2.50. The number of imidazole rings is 1. The summed E-state index contributed by atoms with van der Waals surface area (Å²) in [6.07, 6.45) is 1.91. The Bertz CT molecular complexity index is 1540. The Morgan fingerprint density at radius 1 is 1.26 bits per heavy atom. The Kier molecular flexibility index (Phi) is 8.37. The van der Waals surface area contributed by atoms with Gasteiger partial charge in [-0.05, 0) is 30.5 Å². The van der Waals surface area contributed by atoms with Crippen molar-refractivity contribution in [3.8, 4) is 5.75 Å². The topological polar surface area (TPSA) is 151 Å². The van der Waals surface area contributed by atoms with Crippen molar-refractivity contribution >= 4 is 43.0 Å². The van der Waals surface area contributed by atoms with Crippen molar-refractivity contribution in [3.63, 3.8) is 0 Å². The third kappa shape index (κ3) is 5.96. The molecule has 0 saturated heterocycles. The molecule has 4 rings (SSSR count). The molecule has 1 amide bonds. The summed E-state index contributed by atoms with van der Waals surface area (Å²) >= 11 is 1.10. The number of ether oxygens (including phenoxy) is 1. The molecule has 1 aromatic carbocycles. The van der Waals surface area contributed by atoms with E-state index in [9.17, 15) is 26.7 Å². The molecule has 0 radical (unpaired) electrons. The van der Waals surface area contributed by atoms with E-state index in [0.29, 0.717) is 0 Å². The van der Waals surface area contributed by atoms with Gasteiger partial charge in [0.25, 0.3) is 26.0 Å². The zero-order valence-corrected chi connectivity index (χ0v) is 24.3. The fraction of sp³-hybridized carbons (Fsp3) is 0.417. The largest absolute Gasteiger partial charge is 0.486 e. The maximum Gasteiger partial charge on any atom is 0.281 e. The summed E-state index contributed by atoms with van der Waals surface area (Å²) in [4.78, 5) is 19.0. The van der Waals surface area contributed by atoms with Gasteiger partial charge in [0.05, 0.1) is 36.8 Å². The first kappa shape index (κ1) is 29.0. The number of nitrogens with one attached hydrogen (secondary N) is 1. The van der Waals surface area contributed by atoms with Crippen LogP contribution in [0.2, 0.25) is 0 Å². The highest BCUT2D eigenvalue weighted by Crippen LogP contribution is 2.36. The monoisotopic (exact) mass is 597 g/mol. The maximum absolute atomic E-state index is 13.6. The highest BCUT2D eigenvalue weighted by Gasteiger charge is 2.36. The van der Waals surface area contributed by atoms with Crippen molar-refractivity contribution in [1.29, 1.82) is 0 Å². The highest BCUT2D eigenvalue weighted by molar-refractivity contribution is 7.92. The van der Waals surface area contributed by atoms with Gasteiger partial charge in [-0.25, -0.2) is 13.4 Å². The third-order valence-corrected chi connectivity index (χ3v) is 10.9. The van der Waals surface area contributed by atoms with Crippen LogP contribution >= 0.6 is 11.3 Å². The number of para-hydroxylation sites is 1. The van der Waals surface area contributed by atoms with Crippen LogP contribution in [0.4, 0.5) is 5.69 Å². The van der Waals surface area contributed by atoms with E-state index in [2.05, 4.69) is 9.71 Å². The molecule has 3 heterocycles. The van der Waals surface area contributed by atoms with E-state index in [1.54, 1.807) is 25.4 Å². The van der Waals surface area contributed by atoms with Gasteiger partial charge in [0.2, 0.25) is 0 Å². The average molecular weight is 598 g/mol. The second-order valence-electron chi connectivity index (χ2n) is 9.51. The standard InChI is InChI=1S/C24H31N5O7S3/c1-16-11-29(17(2)14-30)24(31)18-7-5-8-19(26-38(32,33)21-13-27(3)15-25-21)23(18)36-20(16)12-28(4)39(34,35)22-9-6-10-37-22/h5-10,13,15-17,20,26,30H,11-12,14H2,1-4H3/t16-,17+,20+/m0/s1. The van der Waals surface area contributed by atoms with Gasteiger partial charge in [0, 0.05) is 32.8 Å². The summed E-state index contributed by atoms with van der Waals surface area (Å²) in [5.74, 6) is -0.872. The van der Waals surface area contributed by atoms with Crippen molar-refractivity contribution < 1.29 is 31.5 Å². The van der Waals surface area contributed by atoms with Gasteiger partial charge in [0.15, 0.2) is 10.8 Å². The Morgan fingerprint density at radius 3 is 2.62 bits per heavy atom. The van der Waals surface area contributed by atoms with Crippen LogP contribution in [0.1, 0.15) is 24.2 Å². The number of hydrogen-bond donors (Lipinski definition) is 2. The van der Waals surface area contributed by atoms with Gasteiger partial charge in [-0.2, -0.15) is 12.7 Å². The number of aromatic nitrogens is 2. The molecule has 0 unspecified atom stereocenters. The van der Waals surface area contributed by atoms with Crippen molar-refractivity contribution in [3.05, 3.63) is 53.8 Å². The molecule has 39 heavy (non-hydrogen) atoms. The molecule has 0 fully saturated rings. The van der Waals surface area contributed by atoms with Gasteiger partial charge in [-0.3, -0.25) is 9.52 Å². The number of aliphatic hydroxyl groups is 1. The number of thiophene rings is 1. The normalized spacial score (nSPS) is 19.2. The Balaban J connectivity index is 1.76. The van der Waals surface area contributed by atoms with E-state index in [4.69, 9.17) is 4.74 Å². The zero-order chi connectivity index (χ0) is 28.5. The molecule has 1 aliphatic rings. The number of likely N-dealkylation sites (N-methyl/N-ethyl adjacent to an activating group) is 1. The Hall–Kier alpha value is -2.98. The van der Waals surface area contributed by atoms with Crippen molar-refractivity contribution in [1.82, 2.24) is 18.8 Å². The van der Waals surface area contributed by atoms with Gasteiger partial charge in [-0.15, -0.1) is 11.3 Å². The Labute approximate surface area is 231 Å². The van der Waals surface area contributed by atoms with Crippen LogP contribution in [0.5, 0.6) is 5.75 Å². The number of nitrogens with zero attached hydrogens (tertiary/aromatic N) is 4. The maximum atomic E-state index is 13.6. The highest BCUT2D eigenvalue weighted by atomic mass is 32.2. The molecule has 2 N–H and O–H groups in total. The molecule has 12 nitrogen and oxygen atoms in total. The molecule has 2 aromatic heterocycles. The number of carbonyl (C=O) groups excluding carboxylic acids is 1. The van der Waals surface area contributed by atoms with E-state index in [1.807, 2.05) is 6.92 Å². The molecule has 0 spiro atoms. The predicted molar refractivity (Wildman–Crippen MR) is 146 cm³/mol. The first-order chi connectivity index (χ1) is 18.3. The average Bonchev–Trinajstić information content (AvgIpc) is 3.59. The van der Waals surface area contributed by atoms with E-state index in [1.165, 1.54) is 57.6 Å². The summed E-state index contributed by atoms with van der Waals surface area (Å²) in [7, 11) is -4.86. The van der Waals surface area contributed by atoms with Crippen LogP contribution in [0.3, 0.4) is 0 Å². The minimum Gasteiger partial charge on any atom is -0.486 e. The molecule has 0 bridgehead atoms. The number of amides is 1. The first-order valence-corrected chi connectivity index (χ1v) is 15.9.